The lowest BCUT2D eigenvalue weighted by molar-refractivity contribution is -0.117. The highest BCUT2D eigenvalue weighted by Crippen LogP contribution is 2.22. The minimum Gasteiger partial charge on any atom is -0.465 e. The van der Waals surface area contributed by atoms with E-state index < -0.39 is 5.97 Å². The second kappa shape index (κ2) is 7.40. The molecule has 0 saturated carbocycles. The Kier molecular flexibility index (Phi) is 5.55. The standard InChI is InChI=1S/C17H24N2O3/c1-12-4-5-14(17(21)22-3)11-15(12)18-16(20)10-13-6-8-19(2)9-7-13/h4-5,11,13H,6-10H2,1-3H3,(H,18,20). The smallest absolute Gasteiger partial charge is 0.337 e. The van der Waals surface area contributed by atoms with E-state index >= 15 is 0 Å². The Labute approximate surface area is 131 Å². The molecular formula is C17H24N2O3. The van der Waals surface area contributed by atoms with Crippen LogP contribution in [-0.4, -0.2) is 44.0 Å². The third-order valence-corrected chi connectivity index (χ3v) is 4.24. The highest BCUT2D eigenvalue weighted by atomic mass is 16.5. The summed E-state index contributed by atoms with van der Waals surface area (Å²) in [6, 6.07) is 5.19. The van der Waals surface area contributed by atoms with Crippen molar-refractivity contribution in [3.63, 3.8) is 0 Å². The molecule has 5 nitrogen and oxygen atoms in total. The molecule has 0 unspecified atom stereocenters. The number of hydrogen-bond acceptors (Lipinski definition) is 4. The van der Waals surface area contributed by atoms with Gasteiger partial charge in [-0.2, -0.15) is 0 Å². The number of likely N-dealkylation sites (tertiary alicyclic amines) is 1. The van der Waals surface area contributed by atoms with E-state index in [2.05, 4.69) is 17.3 Å². The van der Waals surface area contributed by atoms with Crippen LogP contribution in [0.4, 0.5) is 5.69 Å². The number of amides is 1. The summed E-state index contributed by atoms with van der Waals surface area (Å²) in [7, 11) is 3.46. The lowest BCUT2D eigenvalue weighted by Gasteiger charge is -2.28. The van der Waals surface area contributed by atoms with Gasteiger partial charge in [0.1, 0.15) is 0 Å². The van der Waals surface area contributed by atoms with E-state index in [9.17, 15) is 9.59 Å². The van der Waals surface area contributed by atoms with Gasteiger partial charge in [-0.25, -0.2) is 4.79 Å². The van der Waals surface area contributed by atoms with Crippen LogP contribution >= 0.6 is 0 Å². The fraction of sp³-hybridized carbons (Fsp3) is 0.529. The maximum atomic E-state index is 12.2. The van der Waals surface area contributed by atoms with E-state index in [-0.39, 0.29) is 5.91 Å². The molecule has 120 valence electrons. The van der Waals surface area contributed by atoms with Gasteiger partial charge in [-0.3, -0.25) is 4.79 Å². The topological polar surface area (TPSA) is 58.6 Å². The predicted molar refractivity (Wildman–Crippen MR) is 86.0 cm³/mol. The molecule has 1 aromatic rings. The van der Waals surface area contributed by atoms with E-state index in [1.807, 2.05) is 13.0 Å². The molecule has 0 aliphatic carbocycles. The van der Waals surface area contributed by atoms with Gasteiger partial charge in [0.2, 0.25) is 5.91 Å². The second-order valence-electron chi connectivity index (χ2n) is 6.02. The minimum absolute atomic E-state index is 0.0136. The fourth-order valence-electron chi connectivity index (χ4n) is 2.73. The lowest BCUT2D eigenvalue weighted by Crippen LogP contribution is -2.32. The van der Waals surface area contributed by atoms with Gasteiger partial charge in [0.25, 0.3) is 0 Å². The average Bonchev–Trinajstić information content (AvgIpc) is 2.51. The van der Waals surface area contributed by atoms with Crippen molar-refractivity contribution in [2.45, 2.75) is 26.2 Å². The first-order valence-electron chi connectivity index (χ1n) is 7.67. The first kappa shape index (κ1) is 16.5. The summed E-state index contributed by atoms with van der Waals surface area (Å²) in [5.74, 6) is 0.0609. The molecule has 0 radical (unpaired) electrons. The van der Waals surface area contributed by atoms with Crippen LogP contribution in [0.3, 0.4) is 0 Å². The van der Waals surface area contributed by atoms with Gasteiger partial charge in [-0.05, 0) is 63.5 Å². The van der Waals surface area contributed by atoms with Crippen molar-refractivity contribution < 1.29 is 14.3 Å². The van der Waals surface area contributed by atoms with Crippen molar-refractivity contribution >= 4 is 17.6 Å². The Bertz CT molecular complexity index is 549. The number of anilines is 1. The van der Waals surface area contributed by atoms with Crippen molar-refractivity contribution in [1.82, 2.24) is 4.90 Å². The van der Waals surface area contributed by atoms with Crippen LogP contribution in [0.25, 0.3) is 0 Å². The highest BCUT2D eigenvalue weighted by molar-refractivity contribution is 5.95. The Morgan fingerprint density at radius 1 is 1.32 bits per heavy atom. The Balaban J connectivity index is 1.97. The monoisotopic (exact) mass is 304 g/mol. The van der Waals surface area contributed by atoms with Gasteiger partial charge >= 0.3 is 5.97 Å². The maximum Gasteiger partial charge on any atom is 0.337 e. The van der Waals surface area contributed by atoms with Gasteiger partial charge in [0.05, 0.1) is 12.7 Å². The summed E-state index contributed by atoms with van der Waals surface area (Å²) < 4.78 is 4.71. The summed E-state index contributed by atoms with van der Waals surface area (Å²) in [6.45, 7) is 4.01. The first-order chi connectivity index (χ1) is 10.5. The average molecular weight is 304 g/mol. The summed E-state index contributed by atoms with van der Waals surface area (Å²) in [5.41, 5.74) is 2.06. The highest BCUT2D eigenvalue weighted by Gasteiger charge is 2.20. The first-order valence-corrected chi connectivity index (χ1v) is 7.67. The Morgan fingerprint density at radius 3 is 2.64 bits per heavy atom. The zero-order chi connectivity index (χ0) is 16.1. The number of nitrogens with zero attached hydrogens (tertiary/aromatic N) is 1. The van der Waals surface area contributed by atoms with Crippen molar-refractivity contribution in [2.24, 2.45) is 5.92 Å². The maximum absolute atomic E-state index is 12.2. The molecular weight excluding hydrogens is 280 g/mol. The lowest BCUT2D eigenvalue weighted by atomic mass is 9.93. The van der Waals surface area contributed by atoms with Gasteiger partial charge < -0.3 is 15.0 Å². The number of esters is 1. The second-order valence-corrected chi connectivity index (χ2v) is 6.02. The molecule has 0 aromatic heterocycles. The van der Waals surface area contributed by atoms with E-state index in [0.29, 0.717) is 23.6 Å². The van der Waals surface area contributed by atoms with E-state index in [0.717, 1.165) is 31.5 Å². The van der Waals surface area contributed by atoms with Crippen molar-refractivity contribution in [3.05, 3.63) is 29.3 Å². The van der Waals surface area contributed by atoms with Gasteiger partial charge in [0.15, 0.2) is 0 Å². The number of ether oxygens (including phenoxy) is 1. The van der Waals surface area contributed by atoms with Crippen LogP contribution in [-0.2, 0) is 9.53 Å². The molecule has 22 heavy (non-hydrogen) atoms. The van der Waals surface area contributed by atoms with Gasteiger partial charge in [-0.1, -0.05) is 6.07 Å². The molecule has 0 spiro atoms. The number of hydrogen-bond donors (Lipinski definition) is 1. The van der Waals surface area contributed by atoms with E-state index in [1.54, 1.807) is 12.1 Å². The summed E-state index contributed by atoms with van der Waals surface area (Å²) in [6.07, 6.45) is 2.66. The van der Waals surface area contributed by atoms with Crippen LogP contribution < -0.4 is 5.32 Å². The molecule has 1 amide bonds. The molecule has 1 N–H and O–H groups in total. The van der Waals surface area contributed by atoms with Crippen LogP contribution in [0.5, 0.6) is 0 Å². The number of piperidine rings is 1. The number of carbonyl (C=O) groups is 2. The molecule has 0 atom stereocenters. The van der Waals surface area contributed by atoms with Crippen molar-refractivity contribution in [2.75, 3.05) is 32.6 Å². The molecule has 2 rings (SSSR count). The van der Waals surface area contributed by atoms with Crippen molar-refractivity contribution in [3.8, 4) is 0 Å². The van der Waals surface area contributed by atoms with Crippen molar-refractivity contribution in [1.29, 1.82) is 0 Å². The summed E-state index contributed by atoms with van der Waals surface area (Å²) in [4.78, 5) is 26.1. The molecule has 0 bridgehead atoms. The quantitative estimate of drug-likeness (QED) is 0.868. The normalized spacial score (nSPS) is 16.3. The van der Waals surface area contributed by atoms with Crippen LogP contribution in [0.2, 0.25) is 0 Å². The zero-order valence-corrected chi connectivity index (χ0v) is 13.5. The number of aryl methyl sites for hydroxylation is 1. The molecule has 1 aliphatic heterocycles. The number of carbonyl (C=O) groups excluding carboxylic acids is 2. The number of nitrogens with one attached hydrogen (secondary N) is 1. The number of rotatable bonds is 4. The van der Waals surface area contributed by atoms with Crippen LogP contribution in [0, 0.1) is 12.8 Å². The minimum atomic E-state index is -0.397. The zero-order valence-electron chi connectivity index (χ0n) is 13.5. The molecule has 5 heteroatoms. The summed E-state index contributed by atoms with van der Waals surface area (Å²) >= 11 is 0. The Hall–Kier alpha value is -1.88. The van der Waals surface area contributed by atoms with E-state index in [1.165, 1.54) is 7.11 Å². The number of methoxy groups -OCH3 is 1. The molecule has 1 aliphatic rings. The SMILES string of the molecule is COC(=O)c1ccc(C)c(NC(=O)CC2CCN(C)CC2)c1. The predicted octanol–water partition coefficient (Wildman–Crippen LogP) is 2.45. The summed E-state index contributed by atoms with van der Waals surface area (Å²) in [5, 5.41) is 2.93. The third-order valence-electron chi connectivity index (χ3n) is 4.24. The molecule has 1 aromatic carbocycles. The van der Waals surface area contributed by atoms with Crippen LogP contribution in [0.15, 0.2) is 18.2 Å². The van der Waals surface area contributed by atoms with Gasteiger partial charge in [0, 0.05) is 12.1 Å². The fourth-order valence-corrected chi connectivity index (χ4v) is 2.73. The molecule has 1 fully saturated rings. The largest absolute Gasteiger partial charge is 0.465 e. The third kappa shape index (κ3) is 4.31. The molecule has 1 saturated heterocycles. The molecule has 1 heterocycles. The van der Waals surface area contributed by atoms with E-state index in [4.69, 9.17) is 4.74 Å². The van der Waals surface area contributed by atoms with Gasteiger partial charge in [-0.15, -0.1) is 0 Å². The number of benzene rings is 1. The Morgan fingerprint density at radius 2 is 2.00 bits per heavy atom. The van der Waals surface area contributed by atoms with Crippen LogP contribution in [0.1, 0.15) is 35.2 Å².